The molecule has 0 aliphatic heterocycles. The maximum absolute atomic E-state index is 12.5. The van der Waals surface area contributed by atoms with Crippen LogP contribution < -0.4 is 20.7 Å². The number of anilines is 1. The van der Waals surface area contributed by atoms with Gasteiger partial charge in [-0.05, 0) is 65.1 Å². The molecule has 1 atom stereocenters. The van der Waals surface area contributed by atoms with E-state index >= 15 is 0 Å². The highest BCUT2D eigenvalue weighted by atomic mass is 127. The summed E-state index contributed by atoms with van der Waals surface area (Å²) in [5, 5.41) is 8.65. The monoisotopic (exact) mass is 557 g/mol. The summed E-state index contributed by atoms with van der Waals surface area (Å²) in [5.41, 5.74) is 1.14. The summed E-state index contributed by atoms with van der Waals surface area (Å²) in [6, 6.07) is 14.2. The second-order valence-corrected chi connectivity index (χ2v) is 9.20. The minimum absolute atomic E-state index is 0.196. The summed E-state index contributed by atoms with van der Waals surface area (Å²) in [5.74, 6) is 0.0895. The Morgan fingerprint density at radius 1 is 1.15 bits per heavy atom. The number of alkyl halides is 3. The van der Waals surface area contributed by atoms with Crippen molar-refractivity contribution in [3.63, 3.8) is 0 Å². The van der Waals surface area contributed by atoms with Gasteiger partial charge < -0.3 is 20.7 Å². The smallest absolute Gasteiger partial charge is 0.253 e. The average Bonchev–Trinajstić information content (AvgIpc) is 2.62. The quantitative estimate of drug-likeness (QED) is 0.215. The van der Waals surface area contributed by atoms with E-state index in [1.165, 1.54) is 7.11 Å². The van der Waals surface area contributed by atoms with E-state index in [1.807, 2.05) is 24.3 Å². The zero-order chi connectivity index (χ0) is 20.0. The van der Waals surface area contributed by atoms with Crippen LogP contribution in [-0.2, 0) is 0 Å². The molecule has 3 N–H and O–H groups in total. The molecule has 0 heterocycles. The minimum Gasteiger partial charge on any atom is -0.497 e. The first-order valence-electron chi connectivity index (χ1n) is 7.54. The Labute approximate surface area is 191 Å². The maximum atomic E-state index is 12.5. The number of carbonyl (C=O) groups is 1. The normalized spacial score (nSPS) is 12.0. The lowest BCUT2D eigenvalue weighted by Crippen LogP contribution is -2.56. The van der Waals surface area contributed by atoms with Gasteiger partial charge in [0.1, 0.15) is 11.9 Å². The molecule has 0 bridgehead atoms. The van der Waals surface area contributed by atoms with Crippen LogP contribution in [0.4, 0.5) is 5.69 Å². The summed E-state index contributed by atoms with van der Waals surface area (Å²) in [6.45, 7) is 0. The van der Waals surface area contributed by atoms with E-state index in [2.05, 4.69) is 38.5 Å². The molecule has 2 aromatic rings. The van der Waals surface area contributed by atoms with E-state index in [9.17, 15) is 4.79 Å². The van der Waals surface area contributed by atoms with Crippen molar-refractivity contribution >= 4 is 86.3 Å². The molecule has 2 aromatic carbocycles. The van der Waals surface area contributed by atoms with E-state index < -0.39 is 15.9 Å². The van der Waals surface area contributed by atoms with Crippen molar-refractivity contribution in [1.82, 2.24) is 10.6 Å². The first-order valence-corrected chi connectivity index (χ1v) is 10.2. The van der Waals surface area contributed by atoms with Gasteiger partial charge in [-0.3, -0.25) is 4.79 Å². The summed E-state index contributed by atoms with van der Waals surface area (Å²) in [6.07, 6.45) is -1.07. The zero-order valence-electron chi connectivity index (χ0n) is 13.9. The van der Waals surface area contributed by atoms with Gasteiger partial charge >= 0.3 is 0 Å². The lowest BCUT2D eigenvalue weighted by atomic mass is 10.2. The Balaban J connectivity index is 2.10. The fourth-order valence-electron chi connectivity index (χ4n) is 2.03. The number of ether oxygens (including phenoxy) is 1. The number of para-hydroxylation sites is 1. The van der Waals surface area contributed by atoms with Crippen LogP contribution >= 0.6 is 69.6 Å². The van der Waals surface area contributed by atoms with Crippen molar-refractivity contribution in [3.05, 3.63) is 57.7 Å². The molecule has 0 aromatic heterocycles. The topological polar surface area (TPSA) is 62.4 Å². The van der Waals surface area contributed by atoms with Crippen molar-refractivity contribution in [2.45, 2.75) is 9.96 Å². The summed E-state index contributed by atoms with van der Waals surface area (Å²) in [7, 11) is 1.51. The van der Waals surface area contributed by atoms with Gasteiger partial charge in [0.05, 0.1) is 12.8 Å². The molecule has 0 saturated carbocycles. The molecular formula is C17H15Cl3IN3O2S. The van der Waals surface area contributed by atoms with Gasteiger partial charge in [0.15, 0.2) is 5.11 Å². The van der Waals surface area contributed by atoms with Gasteiger partial charge in [-0.25, -0.2) is 0 Å². The number of nitrogens with one attached hydrogen (secondary N) is 3. The fraction of sp³-hybridized carbons (Fsp3) is 0.176. The van der Waals surface area contributed by atoms with Crippen LogP contribution in [0.1, 0.15) is 10.4 Å². The maximum Gasteiger partial charge on any atom is 0.253 e. The molecule has 0 spiro atoms. The van der Waals surface area contributed by atoms with Crippen molar-refractivity contribution < 1.29 is 9.53 Å². The van der Waals surface area contributed by atoms with E-state index in [0.29, 0.717) is 11.3 Å². The Morgan fingerprint density at radius 3 is 2.48 bits per heavy atom. The molecular weight excluding hydrogens is 544 g/mol. The third kappa shape index (κ3) is 6.83. The highest BCUT2D eigenvalue weighted by molar-refractivity contribution is 14.1. The minimum atomic E-state index is -1.84. The lowest BCUT2D eigenvalue weighted by Gasteiger charge is -2.28. The molecule has 0 unspecified atom stereocenters. The van der Waals surface area contributed by atoms with Crippen molar-refractivity contribution in [3.8, 4) is 5.75 Å². The molecule has 27 heavy (non-hydrogen) atoms. The number of benzene rings is 2. The zero-order valence-corrected chi connectivity index (χ0v) is 19.2. The SMILES string of the molecule is COc1cccc(C(=O)N[C@H](NC(=S)Nc2ccccc2I)C(Cl)(Cl)Cl)c1. The first-order chi connectivity index (χ1) is 12.7. The predicted octanol–water partition coefficient (Wildman–Crippen LogP) is 4.71. The number of amides is 1. The van der Waals surface area contributed by atoms with Gasteiger partial charge in [0, 0.05) is 9.13 Å². The first kappa shape index (κ1) is 22.3. The molecule has 0 saturated heterocycles. The van der Waals surface area contributed by atoms with E-state index in [4.69, 9.17) is 51.8 Å². The Hall–Kier alpha value is -1.000. The van der Waals surface area contributed by atoms with Crippen LogP contribution in [0.15, 0.2) is 48.5 Å². The fourth-order valence-corrected chi connectivity index (χ4v) is 3.11. The van der Waals surface area contributed by atoms with E-state index in [0.717, 1.165) is 9.26 Å². The summed E-state index contributed by atoms with van der Waals surface area (Å²) < 4.78 is 4.23. The van der Waals surface area contributed by atoms with Crippen molar-refractivity contribution in [2.75, 3.05) is 12.4 Å². The van der Waals surface area contributed by atoms with Crippen LogP contribution in [0.5, 0.6) is 5.75 Å². The van der Waals surface area contributed by atoms with Gasteiger partial charge in [0.2, 0.25) is 3.79 Å². The Kier molecular flexibility index (Phi) is 8.23. The number of hydrogen-bond acceptors (Lipinski definition) is 3. The van der Waals surface area contributed by atoms with E-state index in [-0.39, 0.29) is 5.11 Å². The largest absolute Gasteiger partial charge is 0.497 e. The molecule has 144 valence electrons. The molecule has 0 fully saturated rings. The van der Waals surface area contributed by atoms with Crippen LogP contribution in [0.25, 0.3) is 0 Å². The second kappa shape index (κ2) is 9.97. The van der Waals surface area contributed by atoms with E-state index in [1.54, 1.807) is 24.3 Å². The van der Waals surface area contributed by atoms with Crippen LogP contribution in [-0.4, -0.2) is 28.1 Å². The summed E-state index contributed by atoms with van der Waals surface area (Å²) >= 11 is 25.5. The van der Waals surface area contributed by atoms with Gasteiger partial charge in [-0.1, -0.05) is 53.0 Å². The molecule has 0 aliphatic rings. The third-order valence-corrected chi connectivity index (χ3v) is 5.15. The van der Waals surface area contributed by atoms with Crippen molar-refractivity contribution in [1.29, 1.82) is 0 Å². The van der Waals surface area contributed by atoms with Crippen LogP contribution in [0.3, 0.4) is 0 Å². The number of halogens is 4. The van der Waals surface area contributed by atoms with Crippen molar-refractivity contribution in [2.24, 2.45) is 0 Å². The predicted molar refractivity (Wildman–Crippen MR) is 123 cm³/mol. The number of hydrogen-bond donors (Lipinski definition) is 3. The van der Waals surface area contributed by atoms with Gasteiger partial charge in [0.25, 0.3) is 5.91 Å². The third-order valence-electron chi connectivity index (χ3n) is 3.33. The molecule has 0 aliphatic carbocycles. The average molecular weight is 559 g/mol. The highest BCUT2D eigenvalue weighted by Crippen LogP contribution is 2.29. The number of thiocarbonyl (C=S) groups is 1. The number of methoxy groups -OCH3 is 1. The van der Waals surface area contributed by atoms with Gasteiger partial charge in [-0.15, -0.1) is 0 Å². The standard InChI is InChI=1S/C17H15Cl3IN3O2S/c1-26-11-6-4-5-10(9-11)14(25)23-15(17(18,19)20)24-16(27)22-13-8-3-2-7-12(13)21/h2-9,15H,1H3,(H,23,25)(H2,22,24,27)/t15-/m1/s1. The second-order valence-electron chi connectivity index (χ2n) is 5.26. The Bertz CT molecular complexity index is 833. The molecule has 1 amide bonds. The molecule has 10 heteroatoms. The lowest BCUT2D eigenvalue weighted by molar-refractivity contribution is 0.0934. The van der Waals surface area contributed by atoms with Crippen LogP contribution in [0, 0.1) is 3.57 Å². The molecule has 2 rings (SSSR count). The molecule has 0 radical (unpaired) electrons. The van der Waals surface area contributed by atoms with Crippen LogP contribution in [0.2, 0.25) is 0 Å². The number of rotatable bonds is 5. The molecule has 5 nitrogen and oxygen atoms in total. The number of carbonyl (C=O) groups excluding carboxylic acids is 1. The highest BCUT2D eigenvalue weighted by Gasteiger charge is 2.35. The Morgan fingerprint density at radius 2 is 1.85 bits per heavy atom. The van der Waals surface area contributed by atoms with Gasteiger partial charge in [-0.2, -0.15) is 0 Å². The summed E-state index contributed by atoms with van der Waals surface area (Å²) in [4.78, 5) is 12.5.